The number of rotatable bonds is 8. The molecule has 10 N–H and O–H groups in total. The molecule has 64 heavy (non-hydrogen) atoms. The Hall–Kier alpha value is -1.39. The SMILES string of the molecule is C[C@H]1O[C@@H](OC(=O)[C@@]23CCC4=C(CCC5[C@@]6(C)CCC(O[C@@H]7O[C@H](CO[C@@H]8O[C@H](CO)[C@@H](O)[C@H](O)[C@H]8O)[C@@H](O)[C@H](O)[C@H]7O)C(C)(C)C6CC[C@@]45C)C2CC(C)(C)CC3)[C@H](O)[C@@H](O)[C@@H]1O. The zero-order valence-corrected chi connectivity index (χ0v) is 38.5. The first-order valence-corrected chi connectivity index (χ1v) is 23.8. The molecule has 22 atom stereocenters. The third-order valence-corrected chi connectivity index (χ3v) is 18.4. The van der Waals surface area contributed by atoms with Gasteiger partial charge < -0.3 is 79.5 Å². The number of ether oxygens (including phenoxy) is 6. The van der Waals surface area contributed by atoms with Crippen molar-refractivity contribution in [2.75, 3.05) is 13.2 Å². The third kappa shape index (κ3) is 7.95. The number of carbonyl (C=O) groups is 1. The van der Waals surface area contributed by atoms with Crippen molar-refractivity contribution in [3.8, 4) is 0 Å². The molecule has 0 aromatic rings. The molecule has 3 saturated carbocycles. The van der Waals surface area contributed by atoms with Crippen LogP contribution in [0.3, 0.4) is 0 Å². The second kappa shape index (κ2) is 17.5. The highest BCUT2D eigenvalue weighted by Gasteiger charge is 2.66. The first-order valence-electron chi connectivity index (χ1n) is 23.8. The lowest BCUT2D eigenvalue weighted by molar-refractivity contribution is -0.344. The predicted molar refractivity (Wildman–Crippen MR) is 224 cm³/mol. The molecule has 0 spiro atoms. The topological polar surface area (TPSA) is 275 Å². The van der Waals surface area contributed by atoms with E-state index in [9.17, 15) is 55.9 Å². The van der Waals surface area contributed by atoms with Crippen LogP contribution in [0.15, 0.2) is 11.1 Å². The Bertz CT molecular complexity index is 1740. The molecule has 6 fully saturated rings. The molecule has 0 aromatic heterocycles. The molecule has 0 aromatic carbocycles. The Kier molecular flexibility index (Phi) is 13.4. The van der Waals surface area contributed by atoms with E-state index in [1.54, 1.807) is 6.92 Å². The molecule has 17 heteroatoms. The summed E-state index contributed by atoms with van der Waals surface area (Å²) in [6.45, 7) is 14.3. The highest BCUT2D eigenvalue weighted by Crippen LogP contribution is 2.72. The van der Waals surface area contributed by atoms with Crippen LogP contribution in [-0.2, 0) is 33.2 Å². The molecule has 3 aliphatic heterocycles. The Morgan fingerprint density at radius 1 is 0.641 bits per heavy atom. The molecule has 8 rings (SSSR count). The van der Waals surface area contributed by atoms with Gasteiger partial charge in [-0.25, -0.2) is 0 Å². The minimum Gasteiger partial charge on any atom is -0.432 e. The van der Waals surface area contributed by atoms with Gasteiger partial charge in [-0.2, -0.15) is 0 Å². The monoisotopic (exact) mass is 913 g/mol. The molecule has 3 heterocycles. The second-order valence-electron chi connectivity index (χ2n) is 22.8. The van der Waals surface area contributed by atoms with E-state index in [0.29, 0.717) is 25.2 Å². The summed E-state index contributed by atoms with van der Waals surface area (Å²) in [4.78, 5) is 14.5. The first kappa shape index (κ1) is 49.0. The van der Waals surface area contributed by atoms with E-state index in [-0.39, 0.29) is 34.2 Å². The van der Waals surface area contributed by atoms with Crippen molar-refractivity contribution >= 4 is 5.97 Å². The molecule has 4 unspecified atom stereocenters. The number of esters is 1. The van der Waals surface area contributed by atoms with Crippen LogP contribution >= 0.6 is 0 Å². The summed E-state index contributed by atoms with van der Waals surface area (Å²) in [5.74, 6) is 0.146. The van der Waals surface area contributed by atoms with Gasteiger partial charge in [-0.05, 0) is 117 Å². The van der Waals surface area contributed by atoms with Gasteiger partial charge in [0.15, 0.2) is 12.6 Å². The van der Waals surface area contributed by atoms with Crippen molar-refractivity contribution in [3.05, 3.63) is 11.1 Å². The highest BCUT2D eigenvalue weighted by atomic mass is 16.7. The Balaban J connectivity index is 0.979. The van der Waals surface area contributed by atoms with Gasteiger partial charge >= 0.3 is 5.97 Å². The van der Waals surface area contributed by atoms with E-state index < -0.39 is 122 Å². The second-order valence-corrected chi connectivity index (χ2v) is 22.8. The molecular weight excluding hydrogens is 836 g/mol. The number of allylic oxidation sites excluding steroid dienone is 2. The van der Waals surface area contributed by atoms with Crippen molar-refractivity contribution in [1.82, 2.24) is 0 Å². The van der Waals surface area contributed by atoms with Gasteiger partial charge in [0.05, 0.1) is 30.8 Å². The van der Waals surface area contributed by atoms with Crippen LogP contribution in [-0.4, -0.2) is 168 Å². The molecule has 17 nitrogen and oxygen atoms in total. The van der Waals surface area contributed by atoms with Gasteiger partial charge in [-0.3, -0.25) is 4.79 Å². The lowest BCUT2D eigenvalue weighted by atomic mass is 9.38. The average molecular weight is 913 g/mol. The Morgan fingerprint density at radius 3 is 1.95 bits per heavy atom. The van der Waals surface area contributed by atoms with Crippen molar-refractivity contribution in [2.24, 2.45) is 44.8 Å². The standard InChI is InChI=1S/C47H76O17/c1-21-30(49)33(52)37(56)40(60-21)64-42(58)47-15-10-23-22(24(47)18-43(2,3)16-17-47)8-9-28-45(23,6)13-11-27-44(4,5)29(12-14-46(27,28)7)63-41-38(57)35(54)32(51)26(62-41)20-59-39-36(55)34(53)31(50)25(19-48)61-39/h21,24-41,48-57H,8-20H2,1-7H3/t21-,24?,25-,26-,27?,28?,29?,30-,31-,32-,33+,34+,35+,36-,37-,38-,39-,40+,41+,45+,46+,47-/m1/s1. The van der Waals surface area contributed by atoms with Crippen molar-refractivity contribution in [1.29, 1.82) is 0 Å². The molecule has 366 valence electrons. The van der Waals surface area contributed by atoms with Crippen LogP contribution in [0, 0.1) is 44.8 Å². The van der Waals surface area contributed by atoms with E-state index >= 15 is 0 Å². The number of aliphatic hydroxyl groups excluding tert-OH is 10. The van der Waals surface area contributed by atoms with Crippen LogP contribution in [0.4, 0.5) is 0 Å². The molecule has 5 aliphatic carbocycles. The summed E-state index contributed by atoms with van der Waals surface area (Å²) >= 11 is 0. The summed E-state index contributed by atoms with van der Waals surface area (Å²) in [5, 5.41) is 105. The summed E-state index contributed by atoms with van der Waals surface area (Å²) in [6, 6.07) is 0. The van der Waals surface area contributed by atoms with Gasteiger partial charge in [0.1, 0.15) is 67.1 Å². The zero-order valence-electron chi connectivity index (χ0n) is 38.5. The number of carbonyl (C=O) groups excluding carboxylic acids is 1. The van der Waals surface area contributed by atoms with Crippen LogP contribution in [0.25, 0.3) is 0 Å². The van der Waals surface area contributed by atoms with Crippen LogP contribution in [0.1, 0.15) is 119 Å². The highest BCUT2D eigenvalue weighted by molar-refractivity contribution is 5.79. The normalized spacial score (nSPS) is 52.4. The van der Waals surface area contributed by atoms with Crippen LogP contribution in [0.5, 0.6) is 0 Å². The molecular formula is C47H76O17. The smallest absolute Gasteiger partial charge is 0.315 e. The van der Waals surface area contributed by atoms with Crippen molar-refractivity contribution < 1.29 is 84.3 Å². The third-order valence-electron chi connectivity index (χ3n) is 18.4. The molecule has 0 amide bonds. The molecule has 3 saturated heterocycles. The fraction of sp³-hybridized carbons (Fsp3) is 0.936. The minimum absolute atomic E-state index is 0.00443. The van der Waals surface area contributed by atoms with E-state index in [4.69, 9.17) is 28.4 Å². The maximum absolute atomic E-state index is 14.5. The van der Waals surface area contributed by atoms with Crippen molar-refractivity contribution in [2.45, 2.75) is 217 Å². The predicted octanol–water partition coefficient (Wildman–Crippen LogP) is 0.922. The van der Waals surface area contributed by atoms with Crippen molar-refractivity contribution in [3.63, 3.8) is 0 Å². The fourth-order valence-corrected chi connectivity index (χ4v) is 14.5. The van der Waals surface area contributed by atoms with Gasteiger partial charge in [-0.15, -0.1) is 0 Å². The Labute approximate surface area is 376 Å². The lowest BCUT2D eigenvalue weighted by Crippen LogP contribution is -2.64. The van der Waals surface area contributed by atoms with E-state index in [2.05, 4.69) is 41.5 Å². The first-order chi connectivity index (χ1) is 29.9. The number of aliphatic hydroxyl groups is 10. The van der Waals surface area contributed by atoms with Gasteiger partial charge in [-0.1, -0.05) is 52.7 Å². The summed E-state index contributed by atoms with van der Waals surface area (Å²) in [6.07, 6.45) is -13.0. The van der Waals surface area contributed by atoms with Crippen LogP contribution < -0.4 is 0 Å². The fourth-order valence-electron chi connectivity index (χ4n) is 14.5. The van der Waals surface area contributed by atoms with Crippen LogP contribution in [0.2, 0.25) is 0 Å². The average Bonchev–Trinajstić information content (AvgIpc) is 3.24. The van der Waals surface area contributed by atoms with Gasteiger partial charge in [0.25, 0.3) is 0 Å². The molecule has 0 radical (unpaired) electrons. The summed E-state index contributed by atoms with van der Waals surface area (Å²) < 4.78 is 35.6. The number of hydrogen-bond acceptors (Lipinski definition) is 17. The minimum atomic E-state index is -1.67. The largest absolute Gasteiger partial charge is 0.432 e. The lowest BCUT2D eigenvalue weighted by Gasteiger charge is -2.67. The Morgan fingerprint density at radius 2 is 1.27 bits per heavy atom. The van der Waals surface area contributed by atoms with Gasteiger partial charge in [0.2, 0.25) is 6.29 Å². The molecule has 8 aliphatic rings. The van der Waals surface area contributed by atoms with Gasteiger partial charge in [0, 0.05) is 0 Å². The maximum Gasteiger partial charge on any atom is 0.315 e. The van der Waals surface area contributed by atoms with E-state index in [1.165, 1.54) is 11.1 Å². The maximum atomic E-state index is 14.5. The summed E-state index contributed by atoms with van der Waals surface area (Å²) in [7, 11) is 0. The summed E-state index contributed by atoms with van der Waals surface area (Å²) in [5.41, 5.74) is 1.51. The van der Waals surface area contributed by atoms with E-state index in [0.717, 1.165) is 51.4 Å². The quantitative estimate of drug-likeness (QED) is 0.0922. The number of hydrogen-bond donors (Lipinski definition) is 10. The zero-order chi connectivity index (χ0) is 46.6. The molecule has 0 bridgehead atoms. The number of fused-ring (bicyclic) bond motifs is 6. The van der Waals surface area contributed by atoms with E-state index in [1.807, 2.05) is 0 Å².